The molecule has 0 bridgehead atoms. The van der Waals surface area contributed by atoms with Crippen molar-refractivity contribution in [3.8, 4) is 0 Å². The Morgan fingerprint density at radius 1 is 1.04 bits per heavy atom. The van der Waals surface area contributed by atoms with Crippen molar-refractivity contribution in [1.82, 2.24) is 10.3 Å². The zero-order chi connectivity index (χ0) is 17.5. The molecule has 6 nitrogen and oxygen atoms in total. The standard InChI is InChI=1S/C19H19N3O3/c23-17(11-12-22-13-14-25-19(22)24)20-21-18(15-7-3-1-4-8-15)16-9-5-2-6-10-16/h1-10H,11-14H2,(H,20,23). The van der Waals surface area contributed by atoms with Crippen molar-refractivity contribution in [2.24, 2.45) is 5.10 Å². The van der Waals surface area contributed by atoms with Crippen LogP contribution in [0.5, 0.6) is 0 Å². The minimum Gasteiger partial charge on any atom is -0.448 e. The lowest BCUT2D eigenvalue weighted by molar-refractivity contribution is -0.121. The van der Waals surface area contributed by atoms with E-state index in [9.17, 15) is 9.59 Å². The van der Waals surface area contributed by atoms with Gasteiger partial charge in [-0.2, -0.15) is 5.10 Å². The third-order valence-electron chi connectivity index (χ3n) is 3.84. The molecular formula is C19H19N3O3. The minimum absolute atomic E-state index is 0.176. The van der Waals surface area contributed by atoms with Gasteiger partial charge in [0, 0.05) is 24.1 Å². The van der Waals surface area contributed by atoms with Crippen LogP contribution in [0.1, 0.15) is 17.5 Å². The molecular weight excluding hydrogens is 318 g/mol. The molecule has 1 fully saturated rings. The number of hydrazone groups is 1. The summed E-state index contributed by atoms with van der Waals surface area (Å²) in [5.74, 6) is -0.246. The summed E-state index contributed by atoms with van der Waals surface area (Å²) in [6.07, 6.45) is -0.194. The molecule has 1 aliphatic heterocycles. The summed E-state index contributed by atoms with van der Waals surface area (Å²) in [4.78, 5) is 25.0. The van der Waals surface area contributed by atoms with Crippen molar-refractivity contribution in [3.05, 3.63) is 71.8 Å². The summed E-state index contributed by atoms with van der Waals surface area (Å²) in [6, 6.07) is 19.3. The van der Waals surface area contributed by atoms with E-state index in [-0.39, 0.29) is 18.4 Å². The van der Waals surface area contributed by atoms with Crippen LogP contribution in [0.3, 0.4) is 0 Å². The Morgan fingerprint density at radius 2 is 1.64 bits per heavy atom. The topological polar surface area (TPSA) is 71.0 Å². The summed E-state index contributed by atoms with van der Waals surface area (Å²) in [7, 11) is 0. The van der Waals surface area contributed by atoms with Gasteiger partial charge in [0.15, 0.2) is 0 Å². The van der Waals surface area contributed by atoms with E-state index in [1.807, 2.05) is 60.7 Å². The van der Waals surface area contributed by atoms with Gasteiger partial charge in [-0.15, -0.1) is 0 Å². The number of amides is 2. The fourth-order valence-corrected chi connectivity index (χ4v) is 2.53. The molecule has 1 N–H and O–H groups in total. The number of carbonyl (C=O) groups is 2. The van der Waals surface area contributed by atoms with Gasteiger partial charge in [0.25, 0.3) is 0 Å². The summed E-state index contributed by atoms with van der Waals surface area (Å²) in [5.41, 5.74) is 5.11. The molecule has 1 heterocycles. The predicted molar refractivity (Wildman–Crippen MR) is 94.2 cm³/mol. The molecule has 128 valence electrons. The lowest BCUT2D eigenvalue weighted by atomic mass is 10.0. The van der Waals surface area contributed by atoms with E-state index in [2.05, 4.69) is 10.5 Å². The largest absolute Gasteiger partial charge is 0.448 e. The lowest BCUT2D eigenvalue weighted by Gasteiger charge is -2.11. The number of nitrogens with zero attached hydrogens (tertiary/aromatic N) is 2. The van der Waals surface area contributed by atoms with Gasteiger partial charge >= 0.3 is 6.09 Å². The molecule has 2 aromatic rings. The minimum atomic E-state index is -0.370. The maximum atomic E-state index is 12.1. The SMILES string of the molecule is O=C(CCN1CCOC1=O)NN=C(c1ccccc1)c1ccccc1. The molecule has 0 aromatic heterocycles. The Hall–Kier alpha value is -3.15. The van der Waals surface area contributed by atoms with Gasteiger partial charge in [0.2, 0.25) is 5.91 Å². The number of hydrogen-bond donors (Lipinski definition) is 1. The van der Waals surface area contributed by atoms with Gasteiger partial charge in [-0.05, 0) is 0 Å². The molecule has 1 aliphatic rings. The highest BCUT2D eigenvalue weighted by Gasteiger charge is 2.22. The number of ether oxygens (including phenoxy) is 1. The molecule has 6 heteroatoms. The molecule has 1 saturated heterocycles. The summed E-state index contributed by atoms with van der Waals surface area (Å²) in [6.45, 7) is 1.23. The van der Waals surface area contributed by atoms with Gasteiger partial charge in [-0.25, -0.2) is 10.2 Å². The van der Waals surface area contributed by atoms with Crippen molar-refractivity contribution in [2.75, 3.05) is 19.7 Å². The monoisotopic (exact) mass is 337 g/mol. The second-order valence-electron chi connectivity index (χ2n) is 5.58. The maximum absolute atomic E-state index is 12.1. The number of rotatable bonds is 6. The highest BCUT2D eigenvalue weighted by Crippen LogP contribution is 2.10. The molecule has 2 amide bonds. The van der Waals surface area contributed by atoms with Crippen LogP contribution in [-0.4, -0.2) is 42.3 Å². The zero-order valence-corrected chi connectivity index (χ0v) is 13.7. The highest BCUT2D eigenvalue weighted by atomic mass is 16.6. The summed E-state index contributed by atoms with van der Waals surface area (Å²) < 4.78 is 4.84. The first-order valence-corrected chi connectivity index (χ1v) is 8.13. The third-order valence-corrected chi connectivity index (χ3v) is 3.84. The number of cyclic esters (lactones) is 1. The fourth-order valence-electron chi connectivity index (χ4n) is 2.53. The fraction of sp³-hybridized carbons (Fsp3) is 0.211. The summed E-state index contributed by atoms with van der Waals surface area (Å²) >= 11 is 0. The van der Waals surface area contributed by atoms with Crippen molar-refractivity contribution >= 4 is 17.7 Å². The van der Waals surface area contributed by atoms with Crippen LogP contribution < -0.4 is 5.43 Å². The Kier molecular flexibility index (Phi) is 5.41. The van der Waals surface area contributed by atoms with Crippen LogP contribution in [0, 0.1) is 0 Å². The van der Waals surface area contributed by atoms with E-state index in [1.54, 1.807) is 0 Å². The third kappa shape index (κ3) is 4.44. The van der Waals surface area contributed by atoms with Gasteiger partial charge in [0.05, 0.1) is 12.3 Å². The van der Waals surface area contributed by atoms with Crippen molar-refractivity contribution in [1.29, 1.82) is 0 Å². The lowest BCUT2D eigenvalue weighted by Crippen LogP contribution is -2.30. The van der Waals surface area contributed by atoms with E-state index in [1.165, 1.54) is 4.90 Å². The molecule has 2 aromatic carbocycles. The molecule has 0 spiro atoms. The molecule has 0 radical (unpaired) electrons. The van der Waals surface area contributed by atoms with E-state index in [0.717, 1.165) is 11.1 Å². The molecule has 3 rings (SSSR count). The number of hydrogen-bond acceptors (Lipinski definition) is 4. The average Bonchev–Trinajstić information content (AvgIpc) is 3.07. The Bertz CT molecular complexity index is 718. The maximum Gasteiger partial charge on any atom is 0.409 e. The van der Waals surface area contributed by atoms with E-state index in [4.69, 9.17) is 4.74 Å². The van der Waals surface area contributed by atoms with Gasteiger partial charge in [-0.3, -0.25) is 4.79 Å². The van der Waals surface area contributed by atoms with E-state index >= 15 is 0 Å². The van der Waals surface area contributed by atoms with Gasteiger partial charge < -0.3 is 9.64 Å². The van der Waals surface area contributed by atoms with Gasteiger partial charge in [-0.1, -0.05) is 60.7 Å². The van der Waals surface area contributed by atoms with E-state index in [0.29, 0.717) is 25.4 Å². The van der Waals surface area contributed by atoms with Crippen molar-refractivity contribution in [3.63, 3.8) is 0 Å². The number of benzene rings is 2. The van der Waals surface area contributed by atoms with Crippen LogP contribution in [0.4, 0.5) is 4.79 Å². The zero-order valence-electron chi connectivity index (χ0n) is 13.7. The molecule has 0 atom stereocenters. The van der Waals surface area contributed by atoms with Crippen molar-refractivity contribution < 1.29 is 14.3 Å². The van der Waals surface area contributed by atoms with E-state index < -0.39 is 0 Å². The smallest absolute Gasteiger partial charge is 0.409 e. The Balaban J connectivity index is 1.68. The van der Waals surface area contributed by atoms with Crippen molar-refractivity contribution in [2.45, 2.75) is 6.42 Å². The molecule has 0 unspecified atom stereocenters. The average molecular weight is 337 g/mol. The van der Waals surface area contributed by atoms with Crippen LogP contribution >= 0.6 is 0 Å². The first kappa shape index (κ1) is 16.7. The molecule has 25 heavy (non-hydrogen) atoms. The predicted octanol–water partition coefficient (Wildman–Crippen LogP) is 2.40. The quantitative estimate of drug-likeness (QED) is 0.650. The Labute approximate surface area is 146 Å². The second kappa shape index (κ2) is 8.10. The number of carbonyl (C=O) groups excluding carboxylic acids is 2. The van der Waals surface area contributed by atoms with Crippen LogP contribution in [0.2, 0.25) is 0 Å². The summed E-state index contributed by atoms with van der Waals surface area (Å²) in [5, 5.41) is 4.31. The van der Waals surface area contributed by atoms with Gasteiger partial charge in [0.1, 0.15) is 6.61 Å². The first-order chi connectivity index (χ1) is 12.2. The first-order valence-electron chi connectivity index (χ1n) is 8.13. The molecule has 0 aliphatic carbocycles. The van der Waals surface area contributed by atoms with Crippen LogP contribution in [0.15, 0.2) is 65.8 Å². The Morgan fingerprint density at radius 3 is 2.16 bits per heavy atom. The highest BCUT2D eigenvalue weighted by molar-refractivity contribution is 6.13. The second-order valence-corrected chi connectivity index (χ2v) is 5.58. The van der Waals surface area contributed by atoms with Crippen LogP contribution in [0.25, 0.3) is 0 Å². The molecule has 0 saturated carbocycles. The number of nitrogens with one attached hydrogen (secondary N) is 1. The van der Waals surface area contributed by atoms with Crippen LogP contribution in [-0.2, 0) is 9.53 Å². The normalized spacial score (nSPS) is 13.3.